The van der Waals surface area contributed by atoms with E-state index in [-0.39, 0.29) is 11.9 Å². The molecule has 0 saturated carbocycles. The Morgan fingerprint density at radius 3 is 2.46 bits per heavy atom. The Balaban J connectivity index is 1.68. The summed E-state index contributed by atoms with van der Waals surface area (Å²) in [5.74, 6) is 1.50. The monoisotopic (exact) mass is 379 g/mol. The van der Waals surface area contributed by atoms with Crippen LogP contribution in [0, 0.1) is 0 Å². The molecule has 5 heteroatoms. The number of hydrogen-bond donors (Lipinski definition) is 2. The van der Waals surface area contributed by atoms with Gasteiger partial charge in [-0.15, -0.1) is 0 Å². The lowest BCUT2D eigenvalue weighted by Crippen LogP contribution is -3.12. The summed E-state index contributed by atoms with van der Waals surface area (Å²) in [4.78, 5) is 13.8. The lowest BCUT2D eigenvalue weighted by molar-refractivity contribution is -0.907. The third-order valence-corrected chi connectivity index (χ3v) is 5.11. The van der Waals surface area contributed by atoms with Crippen LogP contribution in [0.25, 0.3) is 10.8 Å². The molecule has 28 heavy (non-hydrogen) atoms. The summed E-state index contributed by atoms with van der Waals surface area (Å²) >= 11 is 0. The zero-order chi connectivity index (χ0) is 20.1. The van der Waals surface area contributed by atoms with E-state index in [9.17, 15) is 4.79 Å². The summed E-state index contributed by atoms with van der Waals surface area (Å²) in [5, 5.41) is 5.30. The van der Waals surface area contributed by atoms with E-state index in [1.807, 2.05) is 68.6 Å². The Kier molecular flexibility index (Phi) is 6.16. The van der Waals surface area contributed by atoms with Crippen molar-refractivity contribution in [2.24, 2.45) is 0 Å². The van der Waals surface area contributed by atoms with E-state index in [0.717, 1.165) is 38.4 Å². The number of anilines is 1. The molecule has 0 heterocycles. The lowest BCUT2D eigenvalue weighted by atomic mass is 10.1. The zero-order valence-corrected chi connectivity index (χ0v) is 16.8. The van der Waals surface area contributed by atoms with Crippen molar-refractivity contribution in [3.8, 4) is 11.5 Å². The highest BCUT2D eigenvalue weighted by Gasteiger charge is 2.23. The number of benzene rings is 3. The molecular formula is C23H27N2O3+. The van der Waals surface area contributed by atoms with Crippen LogP contribution in [-0.2, 0) is 11.3 Å². The minimum atomic E-state index is -0.224. The van der Waals surface area contributed by atoms with Crippen molar-refractivity contribution in [1.82, 2.24) is 0 Å². The SMILES string of the molecule is COc1ccc(C[NH+](C)[C@@H](C)C(=O)Nc2ccc3ccccc3c2)c(OC)c1. The Morgan fingerprint density at radius 2 is 1.75 bits per heavy atom. The molecule has 3 aromatic rings. The number of quaternary nitrogens is 1. The van der Waals surface area contributed by atoms with Gasteiger partial charge in [-0.1, -0.05) is 30.3 Å². The molecular weight excluding hydrogens is 352 g/mol. The number of rotatable bonds is 7. The zero-order valence-electron chi connectivity index (χ0n) is 16.8. The summed E-state index contributed by atoms with van der Waals surface area (Å²) in [6.07, 6.45) is 0. The highest BCUT2D eigenvalue weighted by atomic mass is 16.5. The Labute approximate surface area is 165 Å². The van der Waals surface area contributed by atoms with Gasteiger partial charge >= 0.3 is 0 Å². The quantitative estimate of drug-likeness (QED) is 0.664. The van der Waals surface area contributed by atoms with Gasteiger partial charge in [0.2, 0.25) is 0 Å². The Bertz CT molecular complexity index is 971. The maximum absolute atomic E-state index is 12.8. The van der Waals surface area contributed by atoms with Gasteiger partial charge in [-0.2, -0.15) is 0 Å². The molecule has 2 N–H and O–H groups in total. The van der Waals surface area contributed by atoms with Crippen LogP contribution < -0.4 is 19.7 Å². The van der Waals surface area contributed by atoms with E-state index in [4.69, 9.17) is 9.47 Å². The first-order chi connectivity index (χ1) is 13.5. The molecule has 1 amide bonds. The molecule has 0 radical (unpaired) electrons. The lowest BCUT2D eigenvalue weighted by Gasteiger charge is -2.22. The third kappa shape index (κ3) is 4.43. The topological polar surface area (TPSA) is 52.0 Å². The van der Waals surface area contributed by atoms with Crippen molar-refractivity contribution < 1.29 is 19.2 Å². The van der Waals surface area contributed by atoms with Gasteiger partial charge in [0.05, 0.1) is 21.3 Å². The molecule has 0 spiro atoms. The molecule has 3 aromatic carbocycles. The van der Waals surface area contributed by atoms with Crippen molar-refractivity contribution in [3.63, 3.8) is 0 Å². The molecule has 1 unspecified atom stereocenters. The maximum atomic E-state index is 12.8. The molecule has 0 aliphatic rings. The highest BCUT2D eigenvalue weighted by Crippen LogP contribution is 2.24. The van der Waals surface area contributed by atoms with Gasteiger partial charge in [-0.05, 0) is 42.0 Å². The van der Waals surface area contributed by atoms with Crippen molar-refractivity contribution in [2.75, 3.05) is 26.6 Å². The molecule has 0 fully saturated rings. The third-order valence-electron chi connectivity index (χ3n) is 5.11. The molecule has 2 atom stereocenters. The number of hydrogen-bond acceptors (Lipinski definition) is 3. The molecule has 3 rings (SSSR count). The predicted molar refractivity (Wildman–Crippen MR) is 112 cm³/mol. The summed E-state index contributed by atoms with van der Waals surface area (Å²) in [5.41, 5.74) is 1.84. The molecule has 0 aromatic heterocycles. The minimum Gasteiger partial charge on any atom is -0.497 e. The van der Waals surface area contributed by atoms with Gasteiger partial charge < -0.3 is 19.7 Å². The second-order valence-electron chi connectivity index (χ2n) is 6.97. The minimum absolute atomic E-state index is 0.0136. The Hall–Kier alpha value is -3.05. The van der Waals surface area contributed by atoms with Gasteiger partial charge in [-0.25, -0.2) is 0 Å². The average Bonchev–Trinajstić information content (AvgIpc) is 2.73. The van der Waals surface area contributed by atoms with Crippen molar-refractivity contribution in [3.05, 3.63) is 66.2 Å². The van der Waals surface area contributed by atoms with E-state index in [0.29, 0.717) is 6.54 Å². The van der Waals surface area contributed by atoms with Crippen LogP contribution >= 0.6 is 0 Å². The summed E-state index contributed by atoms with van der Waals surface area (Å²) < 4.78 is 10.7. The number of fused-ring (bicyclic) bond motifs is 1. The number of ether oxygens (including phenoxy) is 2. The maximum Gasteiger partial charge on any atom is 0.282 e. The van der Waals surface area contributed by atoms with Crippen LogP contribution in [0.3, 0.4) is 0 Å². The molecule has 0 bridgehead atoms. The van der Waals surface area contributed by atoms with Crippen molar-refractivity contribution in [1.29, 1.82) is 0 Å². The van der Waals surface area contributed by atoms with Gasteiger partial charge in [0.1, 0.15) is 18.0 Å². The first-order valence-electron chi connectivity index (χ1n) is 9.34. The van der Waals surface area contributed by atoms with Crippen molar-refractivity contribution in [2.45, 2.75) is 19.5 Å². The smallest absolute Gasteiger partial charge is 0.282 e. The highest BCUT2D eigenvalue weighted by molar-refractivity contribution is 5.96. The second-order valence-corrected chi connectivity index (χ2v) is 6.97. The van der Waals surface area contributed by atoms with Crippen LogP contribution in [0.1, 0.15) is 12.5 Å². The van der Waals surface area contributed by atoms with Gasteiger partial charge in [-0.3, -0.25) is 4.79 Å². The van der Waals surface area contributed by atoms with Crippen LogP contribution in [0.15, 0.2) is 60.7 Å². The first kappa shape index (κ1) is 19.7. The number of likely N-dealkylation sites (N-methyl/N-ethyl adjacent to an activating group) is 1. The summed E-state index contributed by atoms with van der Waals surface area (Å²) in [7, 11) is 5.28. The number of carbonyl (C=O) groups excluding carboxylic acids is 1. The Morgan fingerprint density at radius 1 is 1.00 bits per heavy atom. The van der Waals surface area contributed by atoms with Gasteiger partial charge in [0, 0.05) is 17.3 Å². The van der Waals surface area contributed by atoms with E-state index < -0.39 is 0 Å². The fourth-order valence-corrected chi connectivity index (χ4v) is 3.19. The molecule has 146 valence electrons. The first-order valence-corrected chi connectivity index (χ1v) is 9.34. The second kappa shape index (κ2) is 8.76. The summed E-state index contributed by atoms with van der Waals surface area (Å²) in [6, 6.07) is 19.6. The largest absolute Gasteiger partial charge is 0.497 e. The van der Waals surface area contributed by atoms with Crippen LogP contribution in [0.4, 0.5) is 5.69 Å². The average molecular weight is 379 g/mol. The predicted octanol–water partition coefficient (Wildman–Crippen LogP) is 2.90. The number of carbonyl (C=O) groups is 1. The standard InChI is InChI=1S/C23H26N2O3/c1-16(25(2)15-19-10-12-21(27-3)14-22(19)28-4)23(26)24-20-11-9-17-7-5-6-8-18(17)13-20/h5-14,16H,15H2,1-4H3,(H,24,26)/p+1/t16-/m0/s1. The number of methoxy groups -OCH3 is 2. The molecule has 5 nitrogen and oxygen atoms in total. The van der Waals surface area contributed by atoms with Gasteiger partial charge in [0.15, 0.2) is 6.04 Å². The van der Waals surface area contributed by atoms with E-state index in [1.54, 1.807) is 14.2 Å². The number of amides is 1. The fourth-order valence-electron chi connectivity index (χ4n) is 3.19. The normalized spacial score (nSPS) is 13.0. The molecule has 0 aliphatic carbocycles. The van der Waals surface area contributed by atoms with Crippen LogP contribution in [0.5, 0.6) is 11.5 Å². The molecule has 0 aliphatic heterocycles. The van der Waals surface area contributed by atoms with E-state index in [1.165, 1.54) is 0 Å². The molecule has 0 saturated heterocycles. The van der Waals surface area contributed by atoms with Crippen LogP contribution in [-0.4, -0.2) is 33.2 Å². The van der Waals surface area contributed by atoms with Crippen molar-refractivity contribution >= 4 is 22.4 Å². The fraction of sp³-hybridized carbons (Fsp3) is 0.261. The number of nitrogens with one attached hydrogen (secondary N) is 2. The van der Waals surface area contributed by atoms with Gasteiger partial charge in [0.25, 0.3) is 5.91 Å². The van der Waals surface area contributed by atoms with Crippen LogP contribution in [0.2, 0.25) is 0 Å². The van der Waals surface area contributed by atoms with E-state index in [2.05, 4.69) is 11.4 Å². The summed E-state index contributed by atoms with van der Waals surface area (Å²) in [6.45, 7) is 2.60. The van der Waals surface area contributed by atoms with E-state index >= 15 is 0 Å².